The van der Waals surface area contributed by atoms with Crippen LogP contribution in [0.2, 0.25) is 5.02 Å². The van der Waals surface area contributed by atoms with Crippen LogP contribution < -0.4 is 5.32 Å². The number of aliphatic hydroxyl groups is 2. The predicted octanol–water partition coefficient (Wildman–Crippen LogP) is 2.60. The van der Waals surface area contributed by atoms with Gasteiger partial charge in [-0.25, -0.2) is 4.79 Å². The highest BCUT2D eigenvalue weighted by molar-refractivity contribution is 6.30. The molecule has 1 aromatic rings. The number of carbonyl (C=O) groups excluding carboxylic acids is 1. The van der Waals surface area contributed by atoms with Gasteiger partial charge in [0.05, 0.1) is 18.8 Å². The molecule has 0 fully saturated rings. The average Bonchev–Trinajstić information content (AvgIpc) is 2.42. The van der Waals surface area contributed by atoms with Gasteiger partial charge in [-0.1, -0.05) is 35.9 Å². The van der Waals surface area contributed by atoms with Gasteiger partial charge in [0, 0.05) is 5.02 Å². The number of alkyl carbamates (subject to hydrolysis) is 1. The molecular weight excluding hydrogens is 306 g/mol. The van der Waals surface area contributed by atoms with E-state index >= 15 is 0 Å². The average molecular weight is 328 g/mol. The van der Waals surface area contributed by atoms with Gasteiger partial charge < -0.3 is 20.3 Å². The molecule has 0 aromatic heterocycles. The number of hydrogen-bond acceptors (Lipinski definition) is 4. The fraction of sp³-hybridized carbons (Fsp3) is 0.438. The van der Waals surface area contributed by atoms with Crippen LogP contribution in [0.15, 0.2) is 30.3 Å². The van der Waals surface area contributed by atoms with Gasteiger partial charge >= 0.3 is 6.09 Å². The van der Waals surface area contributed by atoms with E-state index in [9.17, 15) is 15.0 Å². The largest absolute Gasteiger partial charge is 0.444 e. The van der Waals surface area contributed by atoms with E-state index in [1.54, 1.807) is 51.1 Å². The van der Waals surface area contributed by atoms with Crippen LogP contribution in [0.3, 0.4) is 0 Å². The van der Waals surface area contributed by atoms with Crippen LogP contribution in [0.5, 0.6) is 0 Å². The Kier molecular flexibility index (Phi) is 6.87. The van der Waals surface area contributed by atoms with E-state index in [0.29, 0.717) is 5.02 Å². The number of halogens is 1. The van der Waals surface area contributed by atoms with E-state index in [1.165, 1.54) is 6.08 Å². The fourth-order valence-corrected chi connectivity index (χ4v) is 1.74. The third kappa shape index (κ3) is 6.93. The molecule has 0 unspecified atom stereocenters. The Hall–Kier alpha value is -1.56. The Bertz CT molecular complexity index is 508. The van der Waals surface area contributed by atoms with E-state index in [2.05, 4.69) is 5.32 Å². The molecule has 0 saturated heterocycles. The number of benzene rings is 1. The lowest BCUT2D eigenvalue weighted by atomic mass is 10.1. The molecule has 5 nitrogen and oxygen atoms in total. The third-order valence-corrected chi connectivity index (χ3v) is 2.92. The number of aliphatic hydroxyl groups excluding tert-OH is 2. The first-order valence-electron chi connectivity index (χ1n) is 6.93. The molecule has 0 saturated carbocycles. The Labute approximate surface area is 135 Å². The van der Waals surface area contributed by atoms with Crippen molar-refractivity contribution in [3.05, 3.63) is 40.9 Å². The maximum absolute atomic E-state index is 11.6. The van der Waals surface area contributed by atoms with Crippen LogP contribution in [0.1, 0.15) is 26.3 Å². The number of nitrogens with one attached hydrogen (secondary N) is 1. The monoisotopic (exact) mass is 327 g/mol. The highest BCUT2D eigenvalue weighted by atomic mass is 35.5. The summed E-state index contributed by atoms with van der Waals surface area (Å²) in [4.78, 5) is 11.6. The molecular formula is C16H22ClNO4. The molecule has 0 radical (unpaired) electrons. The minimum absolute atomic E-state index is 0.411. The predicted molar refractivity (Wildman–Crippen MR) is 86.7 cm³/mol. The zero-order chi connectivity index (χ0) is 16.8. The summed E-state index contributed by atoms with van der Waals surface area (Å²) in [5.41, 5.74) is 0.200. The summed E-state index contributed by atoms with van der Waals surface area (Å²) in [6.45, 7) is 4.79. The molecule has 1 amide bonds. The maximum atomic E-state index is 11.6. The smallest absolute Gasteiger partial charge is 0.408 e. The summed E-state index contributed by atoms with van der Waals surface area (Å²) < 4.78 is 5.09. The van der Waals surface area contributed by atoms with Crippen LogP contribution in [0, 0.1) is 0 Å². The Morgan fingerprint density at radius 2 is 1.95 bits per heavy atom. The molecule has 0 aliphatic rings. The molecule has 1 aromatic carbocycles. The zero-order valence-corrected chi connectivity index (χ0v) is 13.7. The maximum Gasteiger partial charge on any atom is 0.408 e. The van der Waals surface area contributed by atoms with Crippen LogP contribution >= 0.6 is 11.6 Å². The lowest BCUT2D eigenvalue weighted by Crippen LogP contribution is -2.46. The van der Waals surface area contributed by atoms with Gasteiger partial charge in [-0.15, -0.1) is 0 Å². The number of ether oxygens (including phenoxy) is 1. The van der Waals surface area contributed by atoms with E-state index in [0.717, 1.165) is 5.56 Å². The molecule has 0 bridgehead atoms. The fourth-order valence-electron chi connectivity index (χ4n) is 1.62. The molecule has 122 valence electrons. The van der Waals surface area contributed by atoms with Crippen molar-refractivity contribution in [3.63, 3.8) is 0 Å². The highest BCUT2D eigenvalue weighted by Crippen LogP contribution is 2.12. The van der Waals surface area contributed by atoms with Gasteiger partial charge in [-0.2, -0.15) is 0 Å². The zero-order valence-electron chi connectivity index (χ0n) is 12.9. The van der Waals surface area contributed by atoms with Crippen molar-refractivity contribution in [1.82, 2.24) is 5.32 Å². The van der Waals surface area contributed by atoms with Crippen molar-refractivity contribution < 1.29 is 19.7 Å². The first-order valence-corrected chi connectivity index (χ1v) is 7.31. The SMILES string of the molecule is CC(C)(C)OC(=O)N[C@@H](CO)[C@H](O)/C=C/c1ccc(Cl)cc1. The van der Waals surface area contributed by atoms with E-state index in [4.69, 9.17) is 16.3 Å². The van der Waals surface area contributed by atoms with Gasteiger partial charge in [0.1, 0.15) is 5.60 Å². The first kappa shape index (κ1) is 18.5. The van der Waals surface area contributed by atoms with E-state index < -0.39 is 30.4 Å². The van der Waals surface area contributed by atoms with Crippen LogP contribution in [0.4, 0.5) is 4.79 Å². The molecule has 1 rings (SSSR count). The summed E-state index contributed by atoms with van der Waals surface area (Å²) in [6, 6.07) is 6.20. The van der Waals surface area contributed by atoms with Crippen LogP contribution in [-0.4, -0.2) is 40.7 Å². The minimum atomic E-state index is -1.05. The normalized spacial score (nSPS) is 14.6. The van der Waals surface area contributed by atoms with Crippen molar-refractivity contribution in [2.75, 3.05) is 6.61 Å². The molecule has 22 heavy (non-hydrogen) atoms. The summed E-state index contributed by atoms with van der Waals surface area (Å²) in [5, 5.41) is 22.4. The van der Waals surface area contributed by atoms with Gasteiger partial charge in [-0.3, -0.25) is 0 Å². The molecule has 0 spiro atoms. The van der Waals surface area contributed by atoms with Crippen molar-refractivity contribution in [2.45, 2.75) is 38.5 Å². The quantitative estimate of drug-likeness (QED) is 0.776. The Balaban J connectivity index is 2.62. The van der Waals surface area contributed by atoms with Crippen molar-refractivity contribution in [3.8, 4) is 0 Å². The van der Waals surface area contributed by atoms with Crippen molar-refractivity contribution >= 4 is 23.8 Å². The highest BCUT2D eigenvalue weighted by Gasteiger charge is 2.22. The van der Waals surface area contributed by atoms with E-state index in [-0.39, 0.29) is 0 Å². The lowest BCUT2D eigenvalue weighted by molar-refractivity contribution is 0.0406. The number of hydrogen-bond donors (Lipinski definition) is 3. The van der Waals surface area contributed by atoms with E-state index in [1.807, 2.05) is 0 Å². The summed E-state index contributed by atoms with van der Waals surface area (Å²) >= 11 is 5.79. The van der Waals surface area contributed by atoms with Crippen molar-refractivity contribution in [2.24, 2.45) is 0 Å². The number of rotatable bonds is 5. The minimum Gasteiger partial charge on any atom is -0.444 e. The third-order valence-electron chi connectivity index (χ3n) is 2.67. The van der Waals surface area contributed by atoms with Gasteiger partial charge in [0.2, 0.25) is 0 Å². The molecule has 0 aliphatic carbocycles. The summed E-state index contributed by atoms with van der Waals surface area (Å²) in [7, 11) is 0. The second-order valence-corrected chi connectivity index (χ2v) is 6.27. The van der Waals surface area contributed by atoms with Crippen molar-refractivity contribution in [1.29, 1.82) is 0 Å². The summed E-state index contributed by atoms with van der Waals surface area (Å²) in [5.74, 6) is 0. The second-order valence-electron chi connectivity index (χ2n) is 5.84. The molecule has 6 heteroatoms. The molecule has 3 N–H and O–H groups in total. The van der Waals surface area contributed by atoms with Crippen LogP contribution in [-0.2, 0) is 4.74 Å². The van der Waals surface area contributed by atoms with Gasteiger partial charge in [-0.05, 0) is 38.5 Å². The lowest BCUT2D eigenvalue weighted by Gasteiger charge is -2.24. The Morgan fingerprint density at radius 3 is 2.45 bits per heavy atom. The van der Waals surface area contributed by atoms with Gasteiger partial charge in [0.25, 0.3) is 0 Å². The number of carbonyl (C=O) groups is 1. The second kappa shape index (κ2) is 8.17. The summed E-state index contributed by atoms with van der Waals surface area (Å²) in [6.07, 6.45) is 1.43. The van der Waals surface area contributed by atoms with Gasteiger partial charge in [0.15, 0.2) is 0 Å². The first-order chi connectivity index (χ1) is 10.2. The molecule has 2 atom stereocenters. The van der Waals surface area contributed by atoms with Crippen LogP contribution in [0.25, 0.3) is 6.08 Å². The number of amides is 1. The molecule has 0 heterocycles. The Morgan fingerprint density at radius 1 is 1.36 bits per heavy atom. The molecule has 0 aliphatic heterocycles. The topological polar surface area (TPSA) is 78.8 Å². The standard InChI is InChI=1S/C16H22ClNO4/c1-16(2,3)22-15(21)18-13(10-19)14(20)9-6-11-4-7-12(17)8-5-11/h4-9,13-14,19-20H,10H2,1-3H3,(H,18,21)/b9-6+/t13-,14+/m0/s1.